The first-order valence-corrected chi connectivity index (χ1v) is 21.9. The van der Waals surface area contributed by atoms with Crippen molar-refractivity contribution in [2.45, 2.75) is 129 Å². The second-order valence-electron chi connectivity index (χ2n) is 19.2. The predicted molar refractivity (Wildman–Crippen MR) is 243 cm³/mol. The molecule has 0 unspecified atom stereocenters. The van der Waals surface area contributed by atoms with Crippen LogP contribution in [0.25, 0.3) is 33.4 Å². The number of rotatable bonds is 4. The van der Waals surface area contributed by atoms with Gasteiger partial charge in [-0.25, -0.2) is 19.3 Å². The van der Waals surface area contributed by atoms with Crippen molar-refractivity contribution in [2.75, 3.05) is 0 Å². The maximum absolute atomic E-state index is 13.0. The summed E-state index contributed by atoms with van der Waals surface area (Å²) in [4.78, 5) is 7.35. The molecule has 3 aliphatic rings. The Kier molecular flexibility index (Phi) is 12.8. The van der Waals surface area contributed by atoms with E-state index in [0.29, 0.717) is 11.0 Å². The van der Waals surface area contributed by atoms with Gasteiger partial charge in [0.05, 0.1) is 57.0 Å². The summed E-state index contributed by atoms with van der Waals surface area (Å²) in [7, 11) is -1.53. The van der Waals surface area contributed by atoms with Crippen molar-refractivity contribution in [3.63, 3.8) is 0 Å². The van der Waals surface area contributed by atoms with Crippen molar-refractivity contribution in [1.82, 2.24) is 29.5 Å². The van der Waals surface area contributed by atoms with Gasteiger partial charge in [-0.05, 0) is 131 Å². The maximum Gasteiger partial charge on any atom is 0.494 e. The normalized spacial score (nSPS) is 20.3. The highest BCUT2D eigenvalue weighted by Gasteiger charge is 2.63. The van der Waals surface area contributed by atoms with Crippen LogP contribution in [-0.2, 0) is 40.3 Å². The summed E-state index contributed by atoms with van der Waals surface area (Å²) in [6, 6.07) is 18.5. The molecule has 0 bridgehead atoms. The van der Waals surface area contributed by atoms with Crippen LogP contribution in [0.3, 0.4) is 0 Å². The first kappa shape index (κ1) is 49.6. The minimum atomic E-state index is -4.52. The molecule has 0 saturated carbocycles. The van der Waals surface area contributed by atoms with Gasteiger partial charge in [-0.1, -0.05) is 46.3 Å². The van der Waals surface area contributed by atoms with Crippen LogP contribution < -0.4 is 5.46 Å². The van der Waals surface area contributed by atoms with Crippen molar-refractivity contribution in [1.29, 1.82) is 0 Å². The van der Waals surface area contributed by atoms with E-state index in [1.807, 2.05) is 113 Å². The van der Waals surface area contributed by atoms with Crippen LogP contribution in [0.4, 0.5) is 26.3 Å². The van der Waals surface area contributed by atoms with E-state index in [1.54, 1.807) is 18.5 Å². The van der Waals surface area contributed by atoms with Gasteiger partial charge in [-0.2, -0.15) is 36.5 Å². The van der Waals surface area contributed by atoms with Gasteiger partial charge in [0, 0.05) is 15.2 Å². The fourth-order valence-corrected chi connectivity index (χ4v) is 7.26. The van der Waals surface area contributed by atoms with Crippen molar-refractivity contribution in [3.05, 3.63) is 101 Å². The smallest absolute Gasteiger partial charge is 0.405 e. The number of pyridine rings is 2. The predicted octanol–water partition coefficient (Wildman–Crippen LogP) is 10.2. The molecule has 7 heterocycles. The topological polar surface area (TPSA) is 117 Å². The number of benzene rings is 2. The summed E-state index contributed by atoms with van der Waals surface area (Å²) in [5.74, 6) is 0.226. The number of fused-ring (bicyclic) bond motifs is 2. The summed E-state index contributed by atoms with van der Waals surface area (Å²) in [5, 5.41) is 9.92. The first-order valence-electron chi connectivity index (χ1n) is 21.1. The largest absolute Gasteiger partial charge is 0.494 e. The van der Waals surface area contributed by atoms with Gasteiger partial charge >= 0.3 is 33.5 Å². The van der Waals surface area contributed by atoms with Crippen LogP contribution in [0.5, 0.6) is 0 Å². The highest BCUT2D eigenvalue weighted by atomic mass is 79.9. The molecule has 3 fully saturated rings. The Morgan fingerprint density at radius 3 is 1.24 bits per heavy atom. The van der Waals surface area contributed by atoms with Gasteiger partial charge in [0.15, 0.2) is 11.6 Å². The number of hydrogen-bond acceptors (Lipinski definition) is 10. The minimum Gasteiger partial charge on any atom is -0.405 e. The van der Waals surface area contributed by atoms with E-state index in [-0.39, 0.29) is 34.0 Å². The Hall–Kier alpha value is -4.31. The molecule has 6 aromatic rings. The Labute approximate surface area is 388 Å². The molecule has 22 heteroatoms. The quantitative estimate of drug-likeness (QED) is 0.125. The van der Waals surface area contributed by atoms with Crippen LogP contribution in [0.15, 0.2) is 89.7 Å². The summed E-state index contributed by atoms with van der Waals surface area (Å²) in [6.45, 7) is 24.1. The lowest BCUT2D eigenvalue weighted by atomic mass is 9.49. The van der Waals surface area contributed by atoms with Gasteiger partial charge in [0.1, 0.15) is 11.4 Å². The van der Waals surface area contributed by atoms with Gasteiger partial charge in [-0.15, -0.1) is 0 Å². The lowest BCUT2D eigenvalue weighted by Gasteiger charge is -2.32. The van der Waals surface area contributed by atoms with Crippen LogP contribution in [0, 0.1) is 0 Å². The number of aromatic nitrogens is 6. The second kappa shape index (κ2) is 17.0. The molecule has 12 nitrogen and oxygen atoms in total. The van der Waals surface area contributed by atoms with Crippen molar-refractivity contribution >= 4 is 64.3 Å². The molecule has 3 saturated heterocycles. The lowest BCUT2D eigenvalue weighted by Crippen LogP contribution is -2.41. The number of hydrogen-bond donors (Lipinski definition) is 0. The summed E-state index contributed by atoms with van der Waals surface area (Å²) < 4.78 is 117. The molecule has 4 aromatic heterocycles. The number of alkyl halides is 6. The third-order valence-corrected chi connectivity index (χ3v) is 13.4. The average molecular weight is 985 g/mol. The Morgan fingerprint density at radius 1 is 0.485 bits per heavy atom. The van der Waals surface area contributed by atoms with Crippen LogP contribution >= 0.6 is 15.9 Å². The van der Waals surface area contributed by atoms with E-state index >= 15 is 0 Å². The van der Waals surface area contributed by atoms with Gasteiger partial charge in [-0.3, -0.25) is 0 Å². The third-order valence-electron chi connectivity index (χ3n) is 12.9. The lowest BCUT2D eigenvalue weighted by molar-refractivity contribution is -0.141. The molecule has 0 spiro atoms. The van der Waals surface area contributed by atoms with Crippen LogP contribution in [-0.4, -0.2) is 84.3 Å². The maximum atomic E-state index is 13.0. The Balaban J connectivity index is 0.000000152. The molecule has 350 valence electrons. The molecule has 0 N–H and O–H groups in total. The van der Waals surface area contributed by atoms with Crippen molar-refractivity contribution in [3.8, 4) is 11.6 Å². The Bertz CT molecular complexity index is 2660. The average Bonchev–Trinajstić information content (AvgIpc) is 3.97. The van der Waals surface area contributed by atoms with E-state index in [4.69, 9.17) is 27.9 Å². The van der Waals surface area contributed by atoms with Crippen LogP contribution in [0.2, 0.25) is 0 Å². The van der Waals surface area contributed by atoms with E-state index < -0.39 is 56.1 Å². The molecule has 2 aromatic carbocycles. The highest BCUT2D eigenvalue weighted by molar-refractivity contribution is 9.10. The van der Waals surface area contributed by atoms with E-state index in [0.717, 1.165) is 32.8 Å². The summed E-state index contributed by atoms with van der Waals surface area (Å²) in [6.07, 6.45) is -5.82. The van der Waals surface area contributed by atoms with Crippen LogP contribution in [0.1, 0.15) is 94.5 Å². The molecule has 0 atom stereocenters. The molecule has 3 aliphatic heterocycles. The van der Waals surface area contributed by atoms with E-state index in [9.17, 15) is 26.3 Å². The first-order chi connectivity index (χ1) is 30.3. The molecule has 0 amide bonds. The van der Waals surface area contributed by atoms with E-state index in [2.05, 4.69) is 36.1 Å². The Morgan fingerprint density at radius 2 is 0.848 bits per heavy atom. The van der Waals surface area contributed by atoms with Gasteiger partial charge in [0.25, 0.3) is 0 Å². The van der Waals surface area contributed by atoms with E-state index in [1.165, 1.54) is 33.6 Å². The standard InChI is InChI=1S/C19H19BF3N3O2.C13H7BrF3N3.C12H24B2O4/c1-17(2)18(3,4)28-20(27-17)13-9-8-12-11-24-26(14(12)10-13)16-7-5-6-15(25-16)19(21,22)23;14-9-5-4-8-7-18-20(10(8)6-9)12-3-1-2-11(19-12)13(15,16)17;1-9(2)10(3,4)16-13(15-9)14-17-11(5,6)12(7,8)18-14/h5-11H,1-4H3;1-7H;1-8H3. The van der Waals surface area contributed by atoms with Gasteiger partial charge in [0.2, 0.25) is 0 Å². The zero-order valence-corrected chi connectivity index (χ0v) is 40.2. The second-order valence-corrected chi connectivity index (χ2v) is 20.1. The molecule has 0 radical (unpaired) electrons. The summed E-state index contributed by atoms with van der Waals surface area (Å²) in [5.41, 5.74) is -2.25. The third kappa shape index (κ3) is 9.82. The molecule has 0 aliphatic carbocycles. The zero-order valence-electron chi connectivity index (χ0n) is 38.6. The fourth-order valence-electron chi connectivity index (χ4n) is 6.92. The highest BCUT2D eigenvalue weighted by Crippen LogP contribution is 2.43. The molecular weight excluding hydrogens is 935 g/mol. The minimum absolute atomic E-state index is 0.0934. The number of nitrogens with zero attached hydrogens (tertiary/aromatic N) is 6. The monoisotopic (exact) mass is 984 g/mol. The molecule has 9 rings (SSSR count). The summed E-state index contributed by atoms with van der Waals surface area (Å²) >= 11 is 3.33. The zero-order chi connectivity index (χ0) is 48.6. The fraction of sp³-hybridized carbons (Fsp3) is 0.455. The molecule has 66 heavy (non-hydrogen) atoms. The number of halogens is 7. The molecular formula is C44H50B3BrF6N6O6. The van der Waals surface area contributed by atoms with Gasteiger partial charge < -0.3 is 27.9 Å². The van der Waals surface area contributed by atoms with Crippen molar-refractivity contribution < 1.29 is 54.3 Å². The SMILES string of the molecule is CC1(C)OB(B2OC(C)(C)C(C)(C)O2)OC1(C)C.CC1(C)OB(c2ccc3cnn(-c4cccc(C(F)(F)F)n4)c3c2)OC1(C)C.FC(F)(F)c1cccc(-n2ncc3ccc(Br)cc32)n1. The van der Waals surface area contributed by atoms with Crippen molar-refractivity contribution in [2.24, 2.45) is 0 Å².